The number of alkyl halides is 2. The number of allylic oxidation sites excluding steroid dienone is 8. The van der Waals surface area contributed by atoms with E-state index in [0.29, 0.717) is 78.4 Å². The lowest BCUT2D eigenvalue weighted by atomic mass is 10.0. The zero-order valence-corrected chi connectivity index (χ0v) is 59.6. The lowest BCUT2D eigenvalue weighted by Gasteiger charge is -2.18. The van der Waals surface area contributed by atoms with Crippen LogP contribution in [-0.4, -0.2) is 161 Å². The van der Waals surface area contributed by atoms with Crippen molar-refractivity contribution in [2.45, 2.75) is 214 Å². The van der Waals surface area contributed by atoms with E-state index >= 15 is 0 Å². The van der Waals surface area contributed by atoms with Crippen molar-refractivity contribution in [3.05, 3.63) is 71.6 Å². The molecule has 0 rings (SSSR count). The van der Waals surface area contributed by atoms with Crippen molar-refractivity contribution in [3.63, 3.8) is 0 Å². The average Bonchev–Trinajstić information content (AvgIpc) is 3.56. The number of rotatable bonds is 65. The molecule has 16 nitrogen and oxygen atoms in total. The van der Waals surface area contributed by atoms with Crippen LogP contribution >= 0.6 is 40.2 Å². The Morgan fingerprint density at radius 1 is 0.506 bits per heavy atom. The van der Waals surface area contributed by atoms with Gasteiger partial charge in [0, 0.05) is 116 Å². The van der Waals surface area contributed by atoms with Crippen LogP contribution in [-0.2, 0) is 28.5 Å². The quantitative estimate of drug-likeness (QED) is 0.00913. The van der Waals surface area contributed by atoms with Crippen molar-refractivity contribution in [3.8, 4) is 12.8 Å². The number of carboxylic acid groups (broad SMARTS) is 1. The molecule has 0 bridgehead atoms. The largest absolute Gasteiger partial charge is 0.480 e. The second-order valence-corrected chi connectivity index (χ2v) is 24.0. The molecule has 0 spiro atoms. The number of aliphatic carboxylic acids is 1. The number of hydrogen-bond donors (Lipinski definition) is 9. The topological polar surface area (TPSA) is 207 Å². The van der Waals surface area contributed by atoms with Crippen LogP contribution < -0.4 is 31.9 Å². The maximum atomic E-state index is 12.0. The maximum Gasteiger partial charge on any atom is 0.326 e. The summed E-state index contributed by atoms with van der Waals surface area (Å²) in [5.74, 6) is -0.813. The highest BCUT2D eigenvalue weighted by Gasteiger charge is 2.17. The van der Waals surface area contributed by atoms with E-state index in [1.165, 1.54) is 88.4 Å². The first-order valence-electron chi connectivity index (χ1n) is 33.2. The molecule has 0 fully saturated rings. The van der Waals surface area contributed by atoms with Gasteiger partial charge in [0.25, 0.3) is 0 Å². The number of hydrogen-bond acceptors (Lipinski definition) is 15. The van der Waals surface area contributed by atoms with Gasteiger partial charge in [-0.05, 0) is 77.7 Å². The van der Waals surface area contributed by atoms with E-state index in [2.05, 4.69) is 154 Å². The van der Waals surface area contributed by atoms with Crippen molar-refractivity contribution in [2.24, 2.45) is 0 Å². The number of carboxylic acids is 1. The van der Waals surface area contributed by atoms with Crippen LogP contribution in [0.25, 0.3) is 0 Å². The summed E-state index contributed by atoms with van der Waals surface area (Å²) < 4.78 is 23.1. The molecule has 0 aliphatic rings. The van der Waals surface area contributed by atoms with Crippen molar-refractivity contribution in [1.82, 2.24) is 36.8 Å². The highest BCUT2D eigenvalue weighted by Crippen LogP contribution is 2.25. The van der Waals surface area contributed by atoms with Gasteiger partial charge in [-0.1, -0.05) is 187 Å². The number of aldehydes is 1. The van der Waals surface area contributed by atoms with Crippen molar-refractivity contribution >= 4 is 52.5 Å². The summed E-state index contributed by atoms with van der Waals surface area (Å²) in [6.07, 6.45) is 48.0. The van der Waals surface area contributed by atoms with E-state index in [0.717, 1.165) is 169 Å². The predicted octanol–water partition coefficient (Wildman–Crippen LogP) is 14.1. The Morgan fingerprint density at radius 2 is 0.908 bits per heavy atom. The van der Waals surface area contributed by atoms with Gasteiger partial charge in [-0.25, -0.2) is 4.79 Å². The summed E-state index contributed by atoms with van der Waals surface area (Å²) in [6, 6.07) is -0.599. The molecule has 0 saturated heterocycles. The number of likely N-dealkylation sites (N-methyl/N-ethyl adjacent to an activating group) is 1. The van der Waals surface area contributed by atoms with Gasteiger partial charge in [-0.15, -0.1) is 12.8 Å². The smallest absolute Gasteiger partial charge is 0.326 e. The summed E-state index contributed by atoms with van der Waals surface area (Å²) in [6.45, 7) is 27.4. The third kappa shape index (κ3) is 67.3. The fourth-order valence-electron chi connectivity index (χ4n) is 9.09. The first-order chi connectivity index (χ1) is 42.4. The Balaban J connectivity index is -0.00000299. The lowest BCUT2D eigenvalue weighted by molar-refractivity contribution is -0.139. The molecule has 508 valence electrons. The molecular weight excluding hydrogens is 1250 g/mol. The Hall–Kier alpha value is -2.95. The van der Waals surface area contributed by atoms with Gasteiger partial charge in [0.1, 0.15) is 12.3 Å². The van der Waals surface area contributed by atoms with Gasteiger partial charge < -0.3 is 75.4 Å². The number of terminal acetylenes is 1. The Morgan fingerprint density at radius 3 is 1.33 bits per heavy atom. The molecular formula is C68H128Br2N7O9P. The summed E-state index contributed by atoms with van der Waals surface area (Å²) in [7, 11) is 0.438. The number of carbonyl (C=O) groups excluding carboxylic acids is 1. The maximum absolute atomic E-state index is 12.0. The molecule has 0 radical (unpaired) electrons. The molecule has 0 aromatic heterocycles. The van der Waals surface area contributed by atoms with E-state index < -0.39 is 20.4 Å². The summed E-state index contributed by atoms with van der Waals surface area (Å²) in [4.78, 5) is 42.8. The van der Waals surface area contributed by atoms with Crippen LogP contribution in [0.4, 0.5) is 0 Å². The first-order valence-corrected chi connectivity index (χ1v) is 36.9. The highest BCUT2D eigenvalue weighted by atomic mass is 79.9. The Bertz CT molecular complexity index is 1730. The van der Waals surface area contributed by atoms with Crippen molar-refractivity contribution in [1.29, 1.82) is 0 Å². The van der Waals surface area contributed by atoms with Crippen LogP contribution in [0.5, 0.6) is 0 Å². The van der Waals surface area contributed by atoms with Gasteiger partial charge >= 0.3 is 5.97 Å². The molecule has 0 aliphatic heterocycles. The third-order valence-corrected chi connectivity index (χ3v) is 15.9. The molecule has 87 heavy (non-hydrogen) atoms. The fourth-order valence-corrected chi connectivity index (χ4v) is 10.2. The Labute approximate surface area is 550 Å². The zero-order valence-electron chi connectivity index (χ0n) is 55.5. The van der Waals surface area contributed by atoms with Gasteiger partial charge in [0.2, 0.25) is 0 Å². The third-order valence-electron chi connectivity index (χ3n) is 13.9. The van der Waals surface area contributed by atoms with E-state index in [9.17, 15) is 14.7 Å². The first kappa shape index (κ1) is 88.2. The molecule has 9 N–H and O–H groups in total. The summed E-state index contributed by atoms with van der Waals surface area (Å²) in [5, 5.41) is 31.8. The van der Waals surface area contributed by atoms with E-state index in [4.69, 9.17) is 28.7 Å². The summed E-state index contributed by atoms with van der Waals surface area (Å²) in [5.41, 5.74) is 6.58. The van der Waals surface area contributed by atoms with Crippen molar-refractivity contribution in [2.75, 3.05) is 123 Å². The SMILES string of the molecule is C#C.C=C(CBr)NCCN(C)CCN/C(=C/CC)CBr.C=C(CCCCCCCCCCCCCCCCCCP(O)O)NC(CCCCN/C(=C/CC)CCOCCOCCN/C(=C/CC)CCOCCOCCN/C(=C/CC)CCC=O)C(=O)O. The summed E-state index contributed by atoms with van der Waals surface area (Å²) >= 11 is 6.85. The molecule has 0 aliphatic carbocycles. The highest BCUT2D eigenvalue weighted by molar-refractivity contribution is 9.09. The molecule has 0 saturated carbocycles. The molecule has 19 heteroatoms. The van der Waals surface area contributed by atoms with Gasteiger partial charge in [-0.2, -0.15) is 0 Å². The van der Waals surface area contributed by atoms with Gasteiger partial charge in [-0.3, -0.25) is 0 Å². The number of ether oxygens (including phenoxy) is 4. The number of halogens is 2. The van der Waals surface area contributed by atoms with Crippen molar-refractivity contribution < 1.29 is 43.4 Å². The second-order valence-electron chi connectivity index (χ2n) is 21.7. The van der Waals surface area contributed by atoms with Crippen LogP contribution in [0.2, 0.25) is 0 Å². The Kier molecular flexibility index (Phi) is 73.2. The van der Waals surface area contributed by atoms with E-state index in [1.54, 1.807) is 0 Å². The van der Waals surface area contributed by atoms with Crippen LogP contribution in [0.1, 0.15) is 207 Å². The minimum absolute atomic E-state index is 0.534. The van der Waals surface area contributed by atoms with Crippen LogP contribution in [0, 0.1) is 12.8 Å². The molecule has 0 aromatic rings. The molecule has 0 aromatic carbocycles. The molecule has 0 amide bonds. The fraction of sp³-hybridized carbons (Fsp3) is 0.765. The second kappa shape index (κ2) is 72.1. The number of unbranched alkanes of at least 4 members (excludes halogenated alkanes) is 16. The van der Waals surface area contributed by atoms with Gasteiger partial charge in [0.05, 0.1) is 52.9 Å². The predicted molar refractivity (Wildman–Crippen MR) is 378 cm³/mol. The van der Waals surface area contributed by atoms with Crippen LogP contribution in [0.15, 0.2) is 71.6 Å². The van der Waals surface area contributed by atoms with Gasteiger partial charge in [0.15, 0.2) is 8.38 Å². The standard InChI is InChI=1S/C53H101N4O9P.C13H25Br2N3.C2H2/c1-5-27-49(31-26-38-58)55-36-41-65-45-44-64-40-34-51(29-7-3)56-37-42-66-46-43-63-39-33-50(28-6-2)54-35-24-23-32-52(53(59)60)57-48(4)30-22-20-18-16-14-12-10-8-9-11-13-15-17-19-21-25-47-67(61)62;1-4-5-13(11-15)17-7-9-18(3)8-6-16-12(2)10-14;1-2/h27-29,38,52,54-57,61-62H,4-26,30-37,39-47H2,1-3H3,(H,59,60);5,16-17H,2,4,6-11H2,1,3H3;1-2H/b49-27+,50-28+,51-29+;13-5+;. The molecule has 1 atom stereocenters. The molecule has 1 unspecified atom stereocenters. The van der Waals surface area contributed by atoms with E-state index in [-0.39, 0.29) is 0 Å². The monoisotopic (exact) mass is 1380 g/mol. The van der Waals surface area contributed by atoms with E-state index in [1.807, 2.05) is 0 Å². The normalized spacial score (nSPS) is 12.2. The molecule has 0 heterocycles. The lowest BCUT2D eigenvalue weighted by Crippen LogP contribution is -2.36. The minimum Gasteiger partial charge on any atom is -0.480 e. The average molecular weight is 1380 g/mol. The number of carbonyl (C=O) groups is 2. The minimum atomic E-state index is -1.70. The zero-order chi connectivity index (χ0) is 64.9. The number of nitrogens with one attached hydrogen (secondary N) is 6. The van der Waals surface area contributed by atoms with Crippen LogP contribution in [0.3, 0.4) is 0 Å². The number of nitrogens with zero attached hydrogens (tertiary/aromatic N) is 1.